The van der Waals surface area contributed by atoms with Gasteiger partial charge in [0.2, 0.25) is 0 Å². The molecule has 7 heteroatoms. The van der Waals surface area contributed by atoms with Gasteiger partial charge >= 0.3 is 12.0 Å². The zero-order valence-corrected chi connectivity index (χ0v) is 11.0. The predicted octanol–water partition coefficient (Wildman–Crippen LogP) is 1.15. The normalized spacial score (nSPS) is 13.4. The predicted molar refractivity (Wildman–Crippen MR) is 70.0 cm³/mol. The van der Waals surface area contributed by atoms with Gasteiger partial charge in [-0.2, -0.15) is 0 Å². The van der Waals surface area contributed by atoms with Crippen molar-refractivity contribution in [1.29, 1.82) is 0 Å². The molecule has 1 aromatic carbocycles. The van der Waals surface area contributed by atoms with Gasteiger partial charge in [-0.05, 0) is 18.6 Å². The summed E-state index contributed by atoms with van der Waals surface area (Å²) in [4.78, 5) is 22.2. The van der Waals surface area contributed by atoms with Gasteiger partial charge in [0.15, 0.2) is 6.04 Å². The van der Waals surface area contributed by atoms with Gasteiger partial charge < -0.3 is 20.8 Å². The first-order valence-corrected chi connectivity index (χ1v) is 5.98. The van der Waals surface area contributed by atoms with E-state index in [0.717, 1.165) is 5.56 Å². The molecule has 0 radical (unpaired) electrons. The van der Waals surface area contributed by atoms with Crippen LogP contribution in [0, 0.1) is 0 Å². The molecule has 0 saturated heterocycles. The van der Waals surface area contributed by atoms with Crippen LogP contribution in [0.25, 0.3) is 0 Å². The summed E-state index contributed by atoms with van der Waals surface area (Å²) < 4.78 is 0. The highest BCUT2D eigenvalue weighted by atomic mass is 35.5. The molecule has 4 N–H and O–H groups in total. The molecule has 6 nitrogen and oxygen atoms in total. The summed E-state index contributed by atoms with van der Waals surface area (Å²) in [7, 11) is 0. The maximum atomic E-state index is 11.6. The van der Waals surface area contributed by atoms with E-state index < -0.39 is 24.6 Å². The molecule has 2 atom stereocenters. The Bertz CT molecular complexity index is 467. The van der Waals surface area contributed by atoms with Gasteiger partial charge in [-0.15, -0.1) is 0 Å². The van der Waals surface area contributed by atoms with Crippen molar-refractivity contribution in [1.82, 2.24) is 10.6 Å². The van der Waals surface area contributed by atoms with E-state index in [1.165, 1.54) is 0 Å². The van der Waals surface area contributed by atoms with E-state index in [0.29, 0.717) is 5.02 Å². The second-order valence-corrected chi connectivity index (χ2v) is 4.34. The fraction of sp³-hybridized carbons (Fsp3) is 0.333. The molecule has 0 fully saturated rings. The van der Waals surface area contributed by atoms with E-state index in [1.807, 2.05) is 0 Å². The maximum absolute atomic E-state index is 11.6. The minimum absolute atomic E-state index is 0.387. The number of urea groups is 1. The Balaban J connectivity index is 2.62. The highest BCUT2D eigenvalue weighted by Crippen LogP contribution is 2.21. The lowest BCUT2D eigenvalue weighted by Crippen LogP contribution is -2.48. The quantitative estimate of drug-likeness (QED) is 0.652. The molecule has 0 aliphatic rings. The third kappa shape index (κ3) is 4.42. The monoisotopic (exact) mass is 286 g/mol. The average molecular weight is 287 g/mol. The largest absolute Gasteiger partial charge is 0.480 e. The standard InChI is InChI=1S/C12H15ClN2O4/c1-7(8-4-2-3-5-9(8)13)14-12(19)15-10(6-16)11(17)18/h2-5,7,10,16H,6H2,1H3,(H,17,18)(H2,14,15,19)/t7?,10-/m0/s1. The molecule has 0 aromatic heterocycles. The lowest BCUT2D eigenvalue weighted by Gasteiger charge is -2.18. The van der Waals surface area contributed by atoms with Crippen LogP contribution in [-0.4, -0.2) is 34.9 Å². The average Bonchev–Trinajstić information content (AvgIpc) is 2.35. The highest BCUT2D eigenvalue weighted by molar-refractivity contribution is 6.31. The van der Waals surface area contributed by atoms with E-state index in [-0.39, 0.29) is 6.04 Å². The lowest BCUT2D eigenvalue weighted by molar-refractivity contribution is -0.140. The number of benzene rings is 1. The lowest BCUT2D eigenvalue weighted by atomic mass is 10.1. The first kappa shape index (κ1) is 15.3. The van der Waals surface area contributed by atoms with Gasteiger partial charge in [0.25, 0.3) is 0 Å². The molecule has 2 amide bonds. The summed E-state index contributed by atoms with van der Waals surface area (Å²) in [5, 5.41) is 22.7. The number of carboxylic acid groups (broad SMARTS) is 1. The number of halogens is 1. The van der Waals surface area contributed by atoms with E-state index >= 15 is 0 Å². The Kier molecular flexibility index (Phi) is 5.59. The van der Waals surface area contributed by atoms with Crippen molar-refractivity contribution in [2.75, 3.05) is 6.61 Å². The zero-order valence-electron chi connectivity index (χ0n) is 10.3. The number of carboxylic acids is 1. The minimum Gasteiger partial charge on any atom is -0.480 e. The zero-order chi connectivity index (χ0) is 14.4. The minimum atomic E-state index is -1.33. The molecule has 0 spiro atoms. The second kappa shape index (κ2) is 6.96. The highest BCUT2D eigenvalue weighted by Gasteiger charge is 2.20. The smallest absolute Gasteiger partial charge is 0.328 e. The Morgan fingerprint density at radius 1 is 1.32 bits per heavy atom. The summed E-state index contributed by atoms with van der Waals surface area (Å²) >= 11 is 5.98. The van der Waals surface area contributed by atoms with Crippen molar-refractivity contribution < 1.29 is 19.8 Å². The number of aliphatic hydroxyl groups is 1. The third-order valence-corrected chi connectivity index (χ3v) is 2.85. The molecule has 104 valence electrons. The fourth-order valence-electron chi connectivity index (χ4n) is 1.49. The van der Waals surface area contributed by atoms with Crippen LogP contribution in [0.2, 0.25) is 5.02 Å². The van der Waals surface area contributed by atoms with Crippen LogP contribution in [-0.2, 0) is 4.79 Å². The van der Waals surface area contributed by atoms with Crippen LogP contribution in [0.4, 0.5) is 4.79 Å². The second-order valence-electron chi connectivity index (χ2n) is 3.93. The number of hydrogen-bond donors (Lipinski definition) is 4. The van der Waals surface area contributed by atoms with Crippen LogP contribution in [0.3, 0.4) is 0 Å². The molecular weight excluding hydrogens is 272 g/mol. The number of rotatable bonds is 5. The van der Waals surface area contributed by atoms with Crippen molar-refractivity contribution in [3.8, 4) is 0 Å². The molecule has 1 unspecified atom stereocenters. The Morgan fingerprint density at radius 2 is 1.95 bits per heavy atom. The summed E-state index contributed by atoms with van der Waals surface area (Å²) in [5.74, 6) is -1.30. The van der Waals surface area contributed by atoms with Crippen molar-refractivity contribution >= 4 is 23.6 Å². The number of carbonyl (C=O) groups is 2. The van der Waals surface area contributed by atoms with E-state index in [2.05, 4.69) is 10.6 Å². The van der Waals surface area contributed by atoms with Crippen LogP contribution in [0.5, 0.6) is 0 Å². The van der Waals surface area contributed by atoms with E-state index in [9.17, 15) is 9.59 Å². The summed E-state index contributed by atoms with van der Waals surface area (Å²) in [5.41, 5.74) is 0.718. The van der Waals surface area contributed by atoms with Crippen LogP contribution >= 0.6 is 11.6 Å². The van der Waals surface area contributed by atoms with Crippen LogP contribution in [0.1, 0.15) is 18.5 Å². The van der Waals surface area contributed by atoms with Gasteiger partial charge in [-0.3, -0.25) is 0 Å². The van der Waals surface area contributed by atoms with Gasteiger partial charge in [0.1, 0.15) is 0 Å². The molecule has 19 heavy (non-hydrogen) atoms. The first-order valence-electron chi connectivity index (χ1n) is 5.60. The van der Waals surface area contributed by atoms with Gasteiger partial charge in [0, 0.05) is 5.02 Å². The van der Waals surface area contributed by atoms with Crippen molar-refractivity contribution in [2.45, 2.75) is 19.0 Å². The molecule has 0 aliphatic heterocycles. The first-order chi connectivity index (χ1) is 8.95. The van der Waals surface area contributed by atoms with Gasteiger partial charge in [-0.1, -0.05) is 29.8 Å². The number of carbonyl (C=O) groups excluding carboxylic acids is 1. The Morgan fingerprint density at radius 3 is 2.47 bits per heavy atom. The Labute approximate surface area is 115 Å². The fourth-order valence-corrected chi connectivity index (χ4v) is 1.79. The molecule has 1 aromatic rings. The number of aliphatic hydroxyl groups excluding tert-OH is 1. The van der Waals surface area contributed by atoms with Crippen molar-refractivity contribution in [3.05, 3.63) is 34.9 Å². The van der Waals surface area contributed by atoms with Gasteiger partial charge in [-0.25, -0.2) is 9.59 Å². The van der Waals surface area contributed by atoms with Crippen molar-refractivity contribution in [2.24, 2.45) is 0 Å². The van der Waals surface area contributed by atoms with Crippen LogP contribution in [0.15, 0.2) is 24.3 Å². The topological polar surface area (TPSA) is 98.7 Å². The number of aliphatic carboxylic acids is 1. The Hall–Kier alpha value is -1.79. The van der Waals surface area contributed by atoms with Crippen molar-refractivity contribution in [3.63, 3.8) is 0 Å². The SMILES string of the molecule is CC(NC(=O)N[C@@H](CO)C(=O)O)c1ccccc1Cl. The third-order valence-electron chi connectivity index (χ3n) is 2.51. The molecule has 0 heterocycles. The number of hydrogen-bond acceptors (Lipinski definition) is 3. The van der Waals surface area contributed by atoms with E-state index in [1.54, 1.807) is 31.2 Å². The summed E-state index contributed by atoms with van der Waals surface area (Å²) in [6.45, 7) is 1.04. The summed E-state index contributed by atoms with van der Waals surface area (Å²) in [6.07, 6.45) is 0. The summed E-state index contributed by atoms with van der Waals surface area (Å²) in [6, 6.07) is 4.60. The number of amides is 2. The van der Waals surface area contributed by atoms with Gasteiger partial charge in [0.05, 0.1) is 12.6 Å². The molecule has 0 bridgehead atoms. The maximum Gasteiger partial charge on any atom is 0.328 e. The molecule has 0 aliphatic carbocycles. The van der Waals surface area contributed by atoms with Crippen LogP contribution < -0.4 is 10.6 Å². The molecule has 0 saturated carbocycles. The molecule has 1 rings (SSSR count). The molecular formula is C12H15ClN2O4. The number of nitrogens with one attached hydrogen (secondary N) is 2. The van der Waals surface area contributed by atoms with E-state index in [4.69, 9.17) is 21.8 Å².